The molecule has 2 N–H and O–H groups in total. The van der Waals surface area contributed by atoms with Gasteiger partial charge in [-0.15, -0.1) is 0 Å². The van der Waals surface area contributed by atoms with Crippen LogP contribution in [0, 0.1) is 0 Å². The van der Waals surface area contributed by atoms with E-state index in [2.05, 4.69) is 5.10 Å². The third kappa shape index (κ3) is 1.05. The van der Waals surface area contributed by atoms with Crippen LogP contribution >= 0.6 is 0 Å². The van der Waals surface area contributed by atoms with Crippen LogP contribution in [0.1, 0.15) is 5.76 Å². The fraction of sp³-hybridized carbons (Fsp3) is 0. The van der Waals surface area contributed by atoms with Crippen LogP contribution in [-0.2, 0) is 0 Å². The second kappa shape index (κ2) is 2.70. The molecule has 0 atom stereocenters. The van der Waals surface area contributed by atoms with E-state index in [0.717, 1.165) is 11.0 Å². The molecular formula is C9H8N2O. The normalized spacial score (nSPS) is 11.3. The molecule has 1 heterocycles. The fourth-order valence-electron chi connectivity index (χ4n) is 1.14. The van der Waals surface area contributed by atoms with Crippen LogP contribution in [-0.4, -0.2) is 6.21 Å². The van der Waals surface area contributed by atoms with Crippen molar-refractivity contribution < 1.29 is 4.42 Å². The Morgan fingerprint density at radius 3 is 2.92 bits per heavy atom. The number of rotatable bonds is 1. The van der Waals surface area contributed by atoms with Crippen LogP contribution in [0.5, 0.6) is 0 Å². The largest absolute Gasteiger partial charge is 0.455 e. The smallest absolute Gasteiger partial charge is 0.148 e. The summed E-state index contributed by atoms with van der Waals surface area (Å²) in [5, 5.41) is 4.44. The standard InChI is InChI=1S/C9H8N2O/c10-11-6-8-5-7-3-1-2-4-9(7)12-8/h1-6H,10H2. The van der Waals surface area contributed by atoms with Gasteiger partial charge in [-0.1, -0.05) is 18.2 Å². The highest BCUT2D eigenvalue weighted by molar-refractivity contribution is 5.86. The van der Waals surface area contributed by atoms with Crippen molar-refractivity contribution in [1.29, 1.82) is 0 Å². The summed E-state index contributed by atoms with van der Waals surface area (Å²) in [7, 11) is 0. The van der Waals surface area contributed by atoms with E-state index >= 15 is 0 Å². The topological polar surface area (TPSA) is 51.5 Å². The molecule has 0 saturated heterocycles. The van der Waals surface area contributed by atoms with Crippen LogP contribution in [0.4, 0.5) is 0 Å². The number of benzene rings is 1. The van der Waals surface area contributed by atoms with E-state index in [1.807, 2.05) is 30.3 Å². The van der Waals surface area contributed by atoms with Gasteiger partial charge >= 0.3 is 0 Å². The molecule has 1 aromatic carbocycles. The van der Waals surface area contributed by atoms with E-state index in [1.54, 1.807) is 0 Å². The van der Waals surface area contributed by atoms with Crippen molar-refractivity contribution in [3.8, 4) is 0 Å². The molecule has 0 amide bonds. The molecule has 0 radical (unpaired) electrons. The van der Waals surface area contributed by atoms with E-state index in [1.165, 1.54) is 6.21 Å². The van der Waals surface area contributed by atoms with Crippen molar-refractivity contribution in [2.45, 2.75) is 0 Å². The van der Waals surface area contributed by atoms with E-state index in [4.69, 9.17) is 10.3 Å². The van der Waals surface area contributed by atoms with Gasteiger partial charge in [-0.2, -0.15) is 5.10 Å². The molecule has 1 aromatic heterocycles. The highest BCUT2D eigenvalue weighted by atomic mass is 16.3. The Balaban J connectivity index is 2.62. The van der Waals surface area contributed by atoms with Crippen LogP contribution in [0.3, 0.4) is 0 Å². The van der Waals surface area contributed by atoms with Gasteiger partial charge in [0.15, 0.2) is 0 Å². The monoisotopic (exact) mass is 160 g/mol. The summed E-state index contributed by atoms with van der Waals surface area (Å²) < 4.78 is 5.38. The first-order chi connectivity index (χ1) is 5.90. The summed E-state index contributed by atoms with van der Waals surface area (Å²) in [5.41, 5.74) is 0.854. The molecule has 3 heteroatoms. The molecule has 0 saturated carbocycles. The average molecular weight is 160 g/mol. The van der Waals surface area contributed by atoms with Crippen molar-refractivity contribution in [1.82, 2.24) is 0 Å². The second-order valence-electron chi connectivity index (χ2n) is 2.46. The summed E-state index contributed by atoms with van der Waals surface area (Å²) in [5.74, 6) is 5.67. The van der Waals surface area contributed by atoms with Gasteiger partial charge < -0.3 is 10.3 Å². The lowest BCUT2D eigenvalue weighted by molar-refractivity contribution is 0.607. The van der Waals surface area contributed by atoms with Crippen molar-refractivity contribution in [2.75, 3.05) is 0 Å². The SMILES string of the molecule is NN=Cc1cc2ccccc2o1. The van der Waals surface area contributed by atoms with Crippen molar-refractivity contribution in [3.05, 3.63) is 36.1 Å². The quantitative estimate of drug-likeness (QED) is 0.392. The van der Waals surface area contributed by atoms with Gasteiger partial charge in [0.25, 0.3) is 0 Å². The van der Waals surface area contributed by atoms with Crippen LogP contribution < -0.4 is 5.84 Å². The van der Waals surface area contributed by atoms with Gasteiger partial charge in [0.2, 0.25) is 0 Å². The van der Waals surface area contributed by atoms with E-state index in [9.17, 15) is 0 Å². The molecule has 2 aromatic rings. The highest BCUT2D eigenvalue weighted by Gasteiger charge is 1.98. The summed E-state index contributed by atoms with van der Waals surface area (Å²) in [6, 6.07) is 9.66. The van der Waals surface area contributed by atoms with Gasteiger partial charge in [-0.05, 0) is 12.1 Å². The minimum Gasteiger partial charge on any atom is -0.455 e. The lowest BCUT2D eigenvalue weighted by Gasteiger charge is -1.82. The second-order valence-corrected chi connectivity index (χ2v) is 2.46. The Morgan fingerprint density at radius 2 is 2.17 bits per heavy atom. The zero-order chi connectivity index (χ0) is 8.39. The Bertz CT molecular complexity index is 384. The Kier molecular flexibility index (Phi) is 1.55. The first kappa shape index (κ1) is 6.91. The number of hydrogen-bond acceptors (Lipinski definition) is 3. The van der Waals surface area contributed by atoms with Crippen molar-refractivity contribution in [2.24, 2.45) is 10.9 Å². The molecule has 3 nitrogen and oxygen atoms in total. The maximum Gasteiger partial charge on any atom is 0.148 e. The van der Waals surface area contributed by atoms with E-state index in [-0.39, 0.29) is 0 Å². The Morgan fingerprint density at radius 1 is 1.33 bits per heavy atom. The molecule has 0 unspecified atom stereocenters. The number of fused-ring (bicyclic) bond motifs is 1. The van der Waals surface area contributed by atoms with Gasteiger partial charge in [0, 0.05) is 5.39 Å². The molecule has 0 bridgehead atoms. The van der Waals surface area contributed by atoms with Crippen LogP contribution in [0.2, 0.25) is 0 Å². The van der Waals surface area contributed by atoms with Gasteiger partial charge in [-0.3, -0.25) is 0 Å². The van der Waals surface area contributed by atoms with Crippen LogP contribution in [0.25, 0.3) is 11.0 Å². The van der Waals surface area contributed by atoms with Crippen molar-refractivity contribution in [3.63, 3.8) is 0 Å². The number of nitrogens with zero attached hydrogens (tertiary/aromatic N) is 1. The van der Waals surface area contributed by atoms with Crippen LogP contribution in [0.15, 0.2) is 39.9 Å². The van der Waals surface area contributed by atoms with E-state index < -0.39 is 0 Å². The first-order valence-electron chi connectivity index (χ1n) is 3.62. The summed E-state index contributed by atoms with van der Waals surface area (Å²) in [6.45, 7) is 0. The number of nitrogens with two attached hydrogens (primary N) is 1. The predicted octanol–water partition coefficient (Wildman–Crippen LogP) is 1.73. The molecule has 0 aliphatic heterocycles. The number of hydrogen-bond donors (Lipinski definition) is 1. The molecule has 12 heavy (non-hydrogen) atoms. The molecule has 0 spiro atoms. The lowest BCUT2D eigenvalue weighted by Crippen LogP contribution is -1.81. The maximum absolute atomic E-state index is 5.38. The molecule has 0 aliphatic carbocycles. The number of para-hydroxylation sites is 1. The predicted molar refractivity (Wildman–Crippen MR) is 48.0 cm³/mol. The molecule has 60 valence electrons. The highest BCUT2D eigenvalue weighted by Crippen LogP contribution is 2.16. The summed E-state index contributed by atoms with van der Waals surface area (Å²) in [4.78, 5) is 0. The maximum atomic E-state index is 5.38. The minimum atomic E-state index is 0.679. The summed E-state index contributed by atoms with van der Waals surface area (Å²) in [6.07, 6.45) is 1.49. The lowest BCUT2D eigenvalue weighted by atomic mass is 10.2. The van der Waals surface area contributed by atoms with Gasteiger partial charge in [0.05, 0.1) is 6.21 Å². The number of hydrazone groups is 1. The molecule has 0 aliphatic rings. The zero-order valence-corrected chi connectivity index (χ0v) is 6.40. The molecule has 2 rings (SSSR count). The van der Waals surface area contributed by atoms with Gasteiger partial charge in [0.1, 0.15) is 11.3 Å². The van der Waals surface area contributed by atoms with Gasteiger partial charge in [-0.25, -0.2) is 0 Å². The minimum absolute atomic E-state index is 0.679. The fourth-order valence-corrected chi connectivity index (χ4v) is 1.14. The average Bonchev–Trinajstić information content (AvgIpc) is 2.47. The third-order valence-corrected chi connectivity index (χ3v) is 1.65. The van der Waals surface area contributed by atoms with Crippen molar-refractivity contribution >= 4 is 17.2 Å². The first-order valence-corrected chi connectivity index (χ1v) is 3.62. The Labute approximate surface area is 69.5 Å². The van der Waals surface area contributed by atoms with E-state index in [0.29, 0.717) is 5.76 Å². The molecule has 0 fully saturated rings. The summed E-state index contributed by atoms with van der Waals surface area (Å²) >= 11 is 0. The third-order valence-electron chi connectivity index (χ3n) is 1.65. The molecular weight excluding hydrogens is 152 g/mol. The zero-order valence-electron chi connectivity index (χ0n) is 6.40. The Hall–Kier alpha value is -1.77. The number of furan rings is 1.